The van der Waals surface area contributed by atoms with Crippen molar-refractivity contribution >= 4 is 11.9 Å². The van der Waals surface area contributed by atoms with E-state index in [2.05, 4.69) is 17.7 Å². The van der Waals surface area contributed by atoms with Gasteiger partial charge in [0.05, 0.1) is 0 Å². The van der Waals surface area contributed by atoms with Crippen molar-refractivity contribution in [3.05, 3.63) is 24.3 Å². The molecule has 0 saturated carbocycles. The van der Waals surface area contributed by atoms with E-state index in [0.29, 0.717) is 0 Å². The summed E-state index contributed by atoms with van der Waals surface area (Å²) >= 11 is 0. The van der Waals surface area contributed by atoms with Crippen LogP contribution < -0.4 is 0 Å². The van der Waals surface area contributed by atoms with Crippen LogP contribution in [0.15, 0.2) is 24.3 Å². The molecule has 0 aromatic rings. The highest BCUT2D eigenvalue weighted by Gasteiger charge is 2.06. The highest BCUT2D eigenvalue weighted by molar-refractivity contribution is 5.90. The fraction of sp³-hybridized carbons (Fsp3) is 0.538. The maximum atomic E-state index is 10.8. The third-order valence-corrected chi connectivity index (χ3v) is 1.99. The molecule has 0 aromatic carbocycles. The standard InChI is InChI=1S/C13H20O4/c1-2-3-4-5-6-7-8-9-10-17-13(16)11-12(14)15/h6-9H,2-5,10-11H2,1H3,(H,14,15)/b7-6+,9-8+. The van der Waals surface area contributed by atoms with Crippen molar-refractivity contribution in [3.63, 3.8) is 0 Å². The van der Waals surface area contributed by atoms with Crippen molar-refractivity contribution in [2.24, 2.45) is 0 Å². The lowest BCUT2D eigenvalue weighted by molar-refractivity contribution is -0.150. The van der Waals surface area contributed by atoms with Gasteiger partial charge < -0.3 is 9.84 Å². The number of esters is 1. The number of unbranched alkanes of at least 4 members (excludes halogenated alkanes) is 3. The molecule has 0 aliphatic carbocycles. The zero-order chi connectivity index (χ0) is 12.9. The molecule has 4 nitrogen and oxygen atoms in total. The van der Waals surface area contributed by atoms with Crippen molar-refractivity contribution in [3.8, 4) is 0 Å². The van der Waals surface area contributed by atoms with Crippen LogP contribution in [0.3, 0.4) is 0 Å². The molecule has 0 saturated heterocycles. The number of hydrogen-bond acceptors (Lipinski definition) is 3. The van der Waals surface area contributed by atoms with E-state index in [0.717, 1.165) is 6.42 Å². The Kier molecular flexibility index (Phi) is 9.91. The number of carboxylic acids is 1. The van der Waals surface area contributed by atoms with Crippen LogP contribution in [0.2, 0.25) is 0 Å². The molecule has 0 amide bonds. The van der Waals surface area contributed by atoms with Gasteiger partial charge in [0, 0.05) is 0 Å². The quantitative estimate of drug-likeness (QED) is 0.291. The predicted octanol–water partition coefficient (Wildman–Crippen LogP) is 2.70. The Morgan fingerprint density at radius 3 is 2.53 bits per heavy atom. The van der Waals surface area contributed by atoms with E-state index in [1.54, 1.807) is 12.2 Å². The van der Waals surface area contributed by atoms with Gasteiger partial charge in [-0.3, -0.25) is 9.59 Å². The molecule has 0 heterocycles. The number of rotatable bonds is 9. The maximum Gasteiger partial charge on any atom is 0.317 e. The predicted molar refractivity (Wildman–Crippen MR) is 65.6 cm³/mol. The lowest BCUT2D eigenvalue weighted by Crippen LogP contribution is -2.10. The second-order valence-corrected chi connectivity index (χ2v) is 3.61. The molecular formula is C13H20O4. The summed E-state index contributed by atoms with van der Waals surface area (Å²) in [5.41, 5.74) is 0. The SMILES string of the molecule is CCCCC/C=C/C=C/COC(=O)CC(=O)O. The Labute approximate surface area is 102 Å². The average Bonchev–Trinajstić information content (AvgIpc) is 2.26. The topological polar surface area (TPSA) is 63.6 Å². The van der Waals surface area contributed by atoms with Crippen LogP contribution in [0.1, 0.15) is 39.0 Å². The molecule has 0 rings (SSSR count). The van der Waals surface area contributed by atoms with Gasteiger partial charge in [-0.25, -0.2) is 0 Å². The zero-order valence-corrected chi connectivity index (χ0v) is 10.2. The first-order chi connectivity index (χ1) is 8.16. The fourth-order valence-corrected chi connectivity index (χ4v) is 1.14. The molecule has 0 aliphatic heterocycles. The van der Waals surface area contributed by atoms with Crippen LogP contribution in [0.4, 0.5) is 0 Å². The summed E-state index contributed by atoms with van der Waals surface area (Å²) < 4.78 is 4.66. The summed E-state index contributed by atoms with van der Waals surface area (Å²) in [7, 11) is 0. The highest BCUT2D eigenvalue weighted by atomic mass is 16.5. The van der Waals surface area contributed by atoms with E-state index in [9.17, 15) is 9.59 Å². The lowest BCUT2D eigenvalue weighted by atomic mass is 10.2. The van der Waals surface area contributed by atoms with Gasteiger partial charge in [0.2, 0.25) is 0 Å². The second-order valence-electron chi connectivity index (χ2n) is 3.61. The normalized spacial score (nSPS) is 11.1. The monoisotopic (exact) mass is 240 g/mol. The first-order valence-electron chi connectivity index (χ1n) is 5.86. The molecular weight excluding hydrogens is 220 g/mol. The van der Waals surface area contributed by atoms with Crippen LogP contribution in [0.25, 0.3) is 0 Å². The van der Waals surface area contributed by atoms with Crippen LogP contribution in [-0.2, 0) is 14.3 Å². The minimum Gasteiger partial charge on any atom is -0.481 e. The van der Waals surface area contributed by atoms with Gasteiger partial charge in [0.15, 0.2) is 0 Å². The molecule has 17 heavy (non-hydrogen) atoms. The molecule has 4 heteroatoms. The molecule has 0 fully saturated rings. The van der Waals surface area contributed by atoms with Gasteiger partial charge in [-0.05, 0) is 18.9 Å². The largest absolute Gasteiger partial charge is 0.481 e. The number of hydrogen-bond donors (Lipinski definition) is 1. The average molecular weight is 240 g/mol. The number of carbonyl (C=O) groups excluding carboxylic acids is 1. The first-order valence-corrected chi connectivity index (χ1v) is 5.86. The van der Waals surface area contributed by atoms with Crippen molar-refractivity contribution in [2.75, 3.05) is 6.61 Å². The van der Waals surface area contributed by atoms with Crippen LogP contribution in [0, 0.1) is 0 Å². The molecule has 0 bridgehead atoms. The van der Waals surface area contributed by atoms with E-state index in [1.807, 2.05) is 6.08 Å². The van der Waals surface area contributed by atoms with Gasteiger partial charge in [-0.1, -0.05) is 38.0 Å². The Morgan fingerprint density at radius 2 is 1.88 bits per heavy atom. The van der Waals surface area contributed by atoms with Crippen LogP contribution in [0.5, 0.6) is 0 Å². The van der Waals surface area contributed by atoms with Gasteiger partial charge >= 0.3 is 11.9 Å². The number of carboxylic acid groups (broad SMARTS) is 1. The fourth-order valence-electron chi connectivity index (χ4n) is 1.14. The van der Waals surface area contributed by atoms with Crippen molar-refractivity contribution < 1.29 is 19.4 Å². The van der Waals surface area contributed by atoms with E-state index < -0.39 is 18.4 Å². The molecule has 0 spiro atoms. The molecule has 0 aliphatic rings. The minimum absolute atomic E-state index is 0.116. The number of ether oxygens (including phenoxy) is 1. The summed E-state index contributed by atoms with van der Waals surface area (Å²) in [6, 6.07) is 0. The summed E-state index contributed by atoms with van der Waals surface area (Å²) in [6.45, 7) is 2.28. The summed E-state index contributed by atoms with van der Waals surface area (Å²) in [4.78, 5) is 20.9. The van der Waals surface area contributed by atoms with Gasteiger partial charge in [0.25, 0.3) is 0 Å². The minimum atomic E-state index is -1.17. The Morgan fingerprint density at radius 1 is 1.18 bits per heavy atom. The van der Waals surface area contributed by atoms with E-state index in [4.69, 9.17) is 5.11 Å². The summed E-state index contributed by atoms with van der Waals surface area (Å²) in [5, 5.41) is 8.30. The van der Waals surface area contributed by atoms with Gasteiger partial charge in [-0.15, -0.1) is 0 Å². The van der Waals surface area contributed by atoms with Crippen LogP contribution in [-0.4, -0.2) is 23.7 Å². The van der Waals surface area contributed by atoms with E-state index >= 15 is 0 Å². The van der Waals surface area contributed by atoms with Crippen LogP contribution >= 0.6 is 0 Å². The smallest absolute Gasteiger partial charge is 0.317 e. The van der Waals surface area contributed by atoms with Gasteiger partial charge in [-0.2, -0.15) is 0 Å². The third kappa shape index (κ3) is 12.4. The first kappa shape index (κ1) is 15.4. The van der Waals surface area contributed by atoms with E-state index in [-0.39, 0.29) is 6.61 Å². The molecule has 0 radical (unpaired) electrons. The summed E-state index contributed by atoms with van der Waals surface area (Å²) in [5.74, 6) is -1.89. The van der Waals surface area contributed by atoms with Gasteiger partial charge in [0.1, 0.15) is 13.0 Å². The van der Waals surface area contributed by atoms with Crippen molar-refractivity contribution in [1.29, 1.82) is 0 Å². The lowest BCUT2D eigenvalue weighted by Gasteiger charge is -1.97. The molecule has 0 atom stereocenters. The van der Waals surface area contributed by atoms with Crippen molar-refractivity contribution in [2.45, 2.75) is 39.0 Å². The Hall–Kier alpha value is -1.58. The molecule has 0 aromatic heterocycles. The maximum absolute atomic E-state index is 10.8. The Bertz CT molecular complexity index is 279. The summed E-state index contributed by atoms with van der Waals surface area (Å²) in [6.07, 6.45) is 11.5. The Balaban J connectivity index is 3.47. The van der Waals surface area contributed by atoms with E-state index in [1.165, 1.54) is 19.3 Å². The highest BCUT2D eigenvalue weighted by Crippen LogP contribution is 1.99. The van der Waals surface area contributed by atoms with Crippen molar-refractivity contribution in [1.82, 2.24) is 0 Å². The molecule has 1 N–H and O–H groups in total. The number of aliphatic carboxylic acids is 1. The second kappa shape index (κ2) is 10.9. The molecule has 0 unspecified atom stereocenters. The number of carbonyl (C=O) groups is 2. The zero-order valence-electron chi connectivity index (χ0n) is 10.2. The third-order valence-electron chi connectivity index (χ3n) is 1.99. The molecule has 96 valence electrons. The number of allylic oxidation sites excluding steroid dienone is 3.